The van der Waals surface area contributed by atoms with E-state index in [4.69, 9.17) is 0 Å². The lowest BCUT2D eigenvalue weighted by Crippen LogP contribution is -2.48. The maximum Gasteiger partial charge on any atom is 0.317 e. The van der Waals surface area contributed by atoms with Gasteiger partial charge in [-0.15, -0.1) is 0 Å². The second-order valence-electron chi connectivity index (χ2n) is 6.14. The Morgan fingerprint density at radius 3 is 2.36 bits per heavy atom. The van der Waals surface area contributed by atoms with Gasteiger partial charge in [0.15, 0.2) is 0 Å². The number of aliphatic hydroxyl groups excluding tert-OH is 1. The fraction of sp³-hybridized carbons (Fsp3) is 0.611. The summed E-state index contributed by atoms with van der Waals surface area (Å²) in [4.78, 5) is 14.1. The van der Waals surface area contributed by atoms with Crippen LogP contribution >= 0.6 is 0 Å². The molecule has 0 aliphatic carbocycles. The summed E-state index contributed by atoms with van der Waals surface area (Å²) >= 11 is 0. The largest absolute Gasteiger partial charge is 0.388 e. The predicted molar refractivity (Wildman–Crippen MR) is 88.6 cm³/mol. The van der Waals surface area contributed by atoms with Crippen LogP contribution in [0.3, 0.4) is 0 Å². The quantitative estimate of drug-likeness (QED) is 0.876. The number of nitrogens with one attached hydrogen (secondary N) is 1. The maximum atomic E-state index is 12.2. The average Bonchev–Trinajstić information content (AvgIpc) is 2.59. The van der Waals surface area contributed by atoms with Crippen LogP contribution in [0, 0.1) is 5.92 Å². The lowest BCUT2D eigenvalue weighted by atomic mass is 9.87. The van der Waals surface area contributed by atoms with Crippen LogP contribution < -0.4 is 5.32 Å². The molecule has 4 nitrogen and oxygen atoms in total. The fourth-order valence-corrected chi connectivity index (χ4v) is 3.10. The molecule has 4 heteroatoms. The molecule has 122 valence electrons. The zero-order valence-electron chi connectivity index (χ0n) is 13.7. The third kappa shape index (κ3) is 4.23. The van der Waals surface area contributed by atoms with E-state index in [1.807, 2.05) is 35.2 Å². The van der Waals surface area contributed by atoms with Crippen LogP contribution in [0.4, 0.5) is 4.79 Å². The first kappa shape index (κ1) is 16.8. The number of rotatable bonds is 5. The van der Waals surface area contributed by atoms with Gasteiger partial charge in [-0.2, -0.15) is 0 Å². The summed E-state index contributed by atoms with van der Waals surface area (Å²) in [6.45, 7) is 5.63. The number of carbonyl (C=O) groups excluding carboxylic acids is 1. The molecule has 1 saturated heterocycles. The molecule has 0 saturated carbocycles. The van der Waals surface area contributed by atoms with Crippen LogP contribution in [0.25, 0.3) is 0 Å². The van der Waals surface area contributed by atoms with Crippen molar-refractivity contribution in [3.05, 3.63) is 35.9 Å². The van der Waals surface area contributed by atoms with E-state index in [0.29, 0.717) is 0 Å². The molecule has 0 radical (unpaired) electrons. The SMILES string of the molecule is CCC(CC)NC(=O)N1CCC(C(O)c2ccccc2)CC1. The van der Waals surface area contributed by atoms with Crippen LogP contribution in [0.5, 0.6) is 0 Å². The standard InChI is InChI=1S/C18H28N2O2/c1-3-16(4-2)19-18(22)20-12-10-15(11-13-20)17(21)14-8-6-5-7-9-14/h5-9,15-17,21H,3-4,10-13H2,1-2H3,(H,19,22). The Labute approximate surface area is 133 Å². The number of nitrogens with zero attached hydrogens (tertiary/aromatic N) is 1. The molecule has 22 heavy (non-hydrogen) atoms. The van der Waals surface area contributed by atoms with Gasteiger partial charge in [0, 0.05) is 19.1 Å². The summed E-state index contributed by atoms with van der Waals surface area (Å²) in [6.07, 6.45) is 3.21. The minimum atomic E-state index is -0.426. The van der Waals surface area contributed by atoms with Crippen molar-refractivity contribution >= 4 is 6.03 Å². The number of urea groups is 1. The van der Waals surface area contributed by atoms with Crippen LogP contribution in [-0.2, 0) is 0 Å². The van der Waals surface area contributed by atoms with E-state index in [1.165, 1.54) is 0 Å². The molecule has 1 atom stereocenters. The molecule has 1 aromatic rings. The van der Waals surface area contributed by atoms with Crippen LogP contribution in [0.1, 0.15) is 51.2 Å². The van der Waals surface area contributed by atoms with Gasteiger partial charge in [-0.3, -0.25) is 0 Å². The molecule has 2 amide bonds. The van der Waals surface area contributed by atoms with E-state index in [-0.39, 0.29) is 18.0 Å². The molecule has 1 unspecified atom stereocenters. The average molecular weight is 304 g/mol. The lowest BCUT2D eigenvalue weighted by Gasteiger charge is -2.35. The minimum Gasteiger partial charge on any atom is -0.388 e. The Kier molecular flexibility index (Phi) is 6.25. The van der Waals surface area contributed by atoms with E-state index in [0.717, 1.165) is 44.3 Å². The number of benzene rings is 1. The fourth-order valence-electron chi connectivity index (χ4n) is 3.10. The lowest BCUT2D eigenvalue weighted by molar-refractivity contribution is 0.0661. The summed E-state index contributed by atoms with van der Waals surface area (Å²) in [5.74, 6) is 0.236. The van der Waals surface area contributed by atoms with Gasteiger partial charge >= 0.3 is 6.03 Å². The van der Waals surface area contributed by atoms with E-state index in [2.05, 4.69) is 19.2 Å². The van der Waals surface area contributed by atoms with Gasteiger partial charge in [0.05, 0.1) is 6.10 Å². The topological polar surface area (TPSA) is 52.6 Å². The number of aliphatic hydroxyl groups is 1. The molecular formula is C18H28N2O2. The second-order valence-corrected chi connectivity index (χ2v) is 6.14. The molecular weight excluding hydrogens is 276 g/mol. The van der Waals surface area contributed by atoms with Gasteiger partial charge in [-0.1, -0.05) is 44.2 Å². The first-order valence-electron chi connectivity index (χ1n) is 8.44. The summed E-state index contributed by atoms with van der Waals surface area (Å²) in [5.41, 5.74) is 0.974. The minimum absolute atomic E-state index is 0.0429. The highest BCUT2D eigenvalue weighted by atomic mass is 16.3. The Morgan fingerprint density at radius 2 is 1.82 bits per heavy atom. The summed E-state index contributed by atoms with van der Waals surface area (Å²) < 4.78 is 0. The predicted octanol–water partition coefficient (Wildman–Crippen LogP) is 3.33. The van der Waals surface area contributed by atoms with Gasteiger partial charge in [0.1, 0.15) is 0 Å². The molecule has 0 spiro atoms. The summed E-state index contributed by atoms with van der Waals surface area (Å²) in [6, 6.07) is 10.1. The van der Waals surface area contributed by atoms with Crippen molar-refractivity contribution in [3.8, 4) is 0 Å². The summed E-state index contributed by atoms with van der Waals surface area (Å²) in [7, 11) is 0. The highest BCUT2D eigenvalue weighted by Crippen LogP contribution is 2.30. The van der Waals surface area contributed by atoms with E-state index >= 15 is 0 Å². The Bertz CT molecular complexity index is 451. The molecule has 1 aliphatic rings. The van der Waals surface area contributed by atoms with Gasteiger partial charge in [0.2, 0.25) is 0 Å². The molecule has 0 bridgehead atoms. The number of hydrogen-bond donors (Lipinski definition) is 2. The Hall–Kier alpha value is -1.55. The molecule has 1 fully saturated rings. The van der Waals surface area contributed by atoms with Crippen LogP contribution in [0.2, 0.25) is 0 Å². The van der Waals surface area contributed by atoms with E-state index in [1.54, 1.807) is 0 Å². The van der Waals surface area contributed by atoms with Crippen molar-refractivity contribution in [2.24, 2.45) is 5.92 Å². The third-order valence-corrected chi connectivity index (χ3v) is 4.73. The van der Waals surface area contributed by atoms with Crippen LogP contribution in [-0.4, -0.2) is 35.2 Å². The zero-order chi connectivity index (χ0) is 15.9. The molecule has 1 aromatic carbocycles. The number of likely N-dealkylation sites (tertiary alicyclic amines) is 1. The van der Waals surface area contributed by atoms with Gasteiger partial charge in [-0.05, 0) is 37.2 Å². The number of amides is 2. The molecule has 2 N–H and O–H groups in total. The van der Waals surface area contributed by atoms with Gasteiger partial charge in [0.25, 0.3) is 0 Å². The van der Waals surface area contributed by atoms with Crippen molar-refractivity contribution in [3.63, 3.8) is 0 Å². The van der Waals surface area contributed by atoms with Crippen molar-refractivity contribution in [1.82, 2.24) is 10.2 Å². The van der Waals surface area contributed by atoms with Gasteiger partial charge in [-0.25, -0.2) is 4.79 Å². The van der Waals surface area contributed by atoms with E-state index in [9.17, 15) is 9.90 Å². The molecule has 1 aliphatic heterocycles. The third-order valence-electron chi connectivity index (χ3n) is 4.73. The number of piperidine rings is 1. The molecule has 1 heterocycles. The first-order valence-corrected chi connectivity index (χ1v) is 8.44. The van der Waals surface area contributed by atoms with E-state index < -0.39 is 6.10 Å². The molecule has 0 aromatic heterocycles. The number of hydrogen-bond acceptors (Lipinski definition) is 2. The smallest absolute Gasteiger partial charge is 0.317 e. The summed E-state index contributed by atoms with van der Waals surface area (Å²) in [5, 5.41) is 13.6. The maximum absolute atomic E-state index is 12.2. The van der Waals surface area contributed by atoms with Crippen molar-refractivity contribution in [1.29, 1.82) is 0 Å². The monoisotopic (exact) mass is 304 g/mol. The van der Waals surface area contributed by atoms with Gasteiger partial charge < -0.3 is 15.3 Å². The van der Waals surface area contributed by atoms with Crippen molar-refractivity contribution in [2.45, 2.75) is 51.7 Å². The number of carbonyl (C=O) groups is 1. The highest BCUT2D eigenvalue weighted by molar-refractivity contribution is 5.74. The molecule has 2 rings (SSSR count). The van der Waals surface area contributed by atoms with Crippen LogP contribution in [0.15, 0.2) is 30.3 Å². The zero-order valence-corrected chi connectivity index (χ0v) is 13.7. The normalized spacial score (nSPS) is 17.5. The highest BCUT2D eigenvalue weighted by Gasteiger charge is 2.28. The Morgan fingerprint density at radius 1 is 1.23 bits per heavy atom. The first-order chi connectivity index (χ1) is 10.7. The van der Waals surface area contributed by atoms with Crippen molar-refractivity contribution in [2.75, 3.05) is 13.1 Å². The Balaban J connectivity index is 1.84. The van der Waals surface area contributed by atoms with Crippen molar-refractivity contribution < 1.29 is 9.90 Å². The second kappa shape index (κ2) is 8.18.